The van der Waals surface area contributed by atoms with Crippen molar-refractivity contribution in [3.05, 3.63) is 16.4 Å². The molecular weight excluding hydrogens is 246 g/mol. The summed E-state index contributed by atoms with van der Waals surface area (Å²) in [5, 5.41) is 4.11. The molecule has 0 amide bonds. The minimum Gasteiger partial charge on any atom is -0.377 e. The average molecular weight is 262 g/mol. The van der Waals surface area contributed by atoms with E-state index < -0.39 is 0 Å². The van der Waals surface area contributed by atoms with Crippen LogP contribution in [0.2, 0.25) is 0 Å². The van der Waals surface area contributed by atoms with E-state index in [2.05, 4.69) is 21.0 Å². The lowest BCUT2D eigenvalue weighted by atomic mass is 10.1. The summed E-state index contributed by atoms with van der Waals surface area (Å²) in [6.07, 6.45) is 1.74. The van der Waals surface area contributed by atoms with Gasteiger partial charge in [0.25, 0.3) is 0 Å². The highest BCUT2D eigenvalue weighted by molar-refractivity contribution is 9.10. The molecule has 0 fully saturated rings. The fraction of sp³-hybridized carbons (Fsp3) is 0.667. The molecule has 14 heavy (non-hydrogen) atoms. The molecule has 2 unspecified atom stereocenters. The van der Waals surface area contributed by atoms with Gasteiger partial charge in [-0.2, -0.15) is 5.10 Å². The fourth-order valence-corrected chi connectivity index (χ4v) is 2.00. The Morgan fingerprint density at radius 1 is 1.71 bits per heavy atom. The van der Waals surface area contributed by atoms with Crippen LogP contribution in [-0.4, -0.2) is 22.5 Å². The van der Waals surface area contributed by atoms with Crippen LogP contribution in [0.4, 0.5) is 0 Å². The number of aromatic nitrogens is 2. The molecule has 80 valence electrons. The second kappa shape index (κ2) is 4.91. The first kappa shape index (κ1) is 11.7. The van der Waals surface area contributed by atoms with Crippen molar-refractivity contribution in [1.82, 2.24) is 9.78 Å². The van der Waals surface area contributed by atoms with E-state index in [-0.39, 0.29) is 12.1 Å². The Labute approximate surface area is 92.5 Å². The summed E-state index contributed by atoms with van der Waals surface area (Å²) in [5.74, 6) is 0. The lowest BCUT2D eigenvalue weighted by molar-refractivity contribution is 0.0554. The number of halogens is 1. The largest absolute Gasteiger partial charge is 0.377 e. The van der Waals surface area contributed by atoms with Crippen LogP contribution in [0.5, 0.6) is 0 Å². The normalized spacial score (nSPS) is 15.5. The van der Waals surface area contributed by atoms with Gasteiger partial charge in [0.1, 0.15) is 0 Å². The fourth-order valence-electron chi connectivity index (χ4n) is 1.38. The van der Waals surface area contributed by atoms with Crippen molar-refractivity contribution in [2.45, 2.75) is 26.0 Å². The second-order valence-corrected chi connectivity index (χ2v) is 4.04. The van der Waals surface area contributed by atoms with Gasteiger partial charge in [0.05, 0.1) is 28.5 Å². The van der Waals surface area contributed by atoms with E-state index in [1.165, 1.54) is 0 Å². The van der Waals surface area contributed by atoms with Crippen molar-refractivity contribution in [1.29, 1.82) is 0 Å². The van der Waals surface area contributed by atoms with Crippen molar-refractivity contribution in [3.63, 3.8) is 0 Å². The summed E-state index contributed by atoms with van der Waals surface area (Å²) in [7, 11) is 1.87. The van der Waals surface area contributed by atoms with Gasteiger partial charge in [-0.15, -0.1) is 0 Å². The van der Waals surface area contributed by atoms with Gasteiger partial charge in [-0.1, -0.05) is 0 Å². The molecule has 0 aliphatic rings. The molecule has 0 saturated heterocycles. The first-order valence-electron chi connectivity index (χ1n) is 4.62. The Hall–Kier alpha value is -0.390. The Balaban J connectivity index is 2.82. The molecule has 5 heteroatoms. The summed E-state index contributed by atoms with van der Waals surface area (Å²) in [6.45, 7) is 4.60. The highest BCUT2D eigenvalue weighted by Crippen LogP contribution is 2.24. The van der Waals surface area contributed by atoms with E-state index in [1.54, 1.807) is 10.9 Å². The van der Waals surface area contributed by atoms with Crippen LogP contribution in [0, 0.1) is 0 Å². The third-order valence-corrected chi connectivity index (χ3v) is 2.80. The smallest absolute Gasteiger partial charge is 0.0755 e. The molecule has 1 aromatic rings. The average Bonchev–Trinajstić information content (AvgIpc) is 2.46. The molecule has 0 aliphatic heterocycles. The number of aryl methyl sites for hydroxylation is 1. The van der Waals surface area contributed by atoms with Crippen LogP contribution >= 0.6 is 15.9 Å². The van der Waals surface area contributed by atoms with Gasteiger partial charge in [0.2, 0.25) is 0 Å². The highest BCUT2D eigenvalue weighted by atomic mass is 79.9. The van der Waals surface area contributed by atoms with E-state index in [0.29, 0.717) is 6.61 Å². The number of rotatable bonds is 4. The van der Waals surface area contributed by atoms with Crippen molar-refractivity contribution in [2.24, 2.45) is 12.8 Å². The topological polar surface area (TPSA) is 53.1 Å². The Kier molecular flexibility index (Phi) is 4.10. The van der Waals surface area contributed by atoms with Crippen LogP contribution in [0.1, 0.15) is 25.6 Å². The van der Waals surface area contributed by atoms with Crippen LogP contribution < -0.4 is 5.73 Å². The molecule has 2 atom stereocenters. The summed E-state index contributed by atoms with van der Waals surface area (Å²) in [5.41, 5.74) is 7.02. The van der Waals surface area contributed by atoms with Crippen molar-refractivity contribution in [2.75, 3.05) is 6.61 Å². The highest BCUT2D eigenvalue weighted by Gasteiger charge is 2.20. The first-order valence-corrected chi connectivity index (χ1v) is 5.41. The molecule has 0 aliphatic carbocycles. The van der Waals surface area contributed by atoms with Crippen LogP contribution in [0.3, 0.4) is 0 Å². The third kappa shape index (κ3) is 2.34. The van der Waals surface area contributed by atoms with E-state index in [4.69, 9.17) is 10.5 Å². The summed E-state index contributed by atoms with van der Waals surface area (Å²) >= 11 is 3.42. The van der Waals surface area contributed by atoms with Crippen molar-refractivity contribution >= 4 is 15.9 Å². The third-order valence-electron chi connectivity index (χ3n) is 2.19. The van der Waals surface area contributed by atoms with E-state index in [1.807, 2.05) is 20.9 Å². The molecule has 0 spiro atoms. The Morgan fingerprint density at radius 3 is 2.79 bits per heavy atom. The maximum absolute atomic E-state index is 6.05. The lowest BCUT2D eigenvalue weighted by Crippen LogP contribution is -2.28. The summed E-state index contributed by atoms with van der Waals surface area (Å²) in [6, 6.07) is -0.156. The summed E-state index contributed by atoms with van der Waals surface area (Å²) in [4.78, 5) is 0. The number of nitrogens with two attached hydrogens (primary N) is 1. The van der Waals surface area contributed by atoms with Crippen LogP contribution in [-0.2, 0) is 11.8 Å². The van der Waals surface area contributed by atoms with Gasteiger partial charge in [0, 0.05) is 13.7 Å². The molecule has 1 rings (SSSR count). The standard InChI is InChI=1S/C9H16BrN3O/c1-4-14-6(2)8(11)9-7(10)5-12-13(9)3/h5-6,8H,4,11H2,1-3H3. The van der Waals surface area contributed by atoms with E-state index in [0.717, 1.165) is 10.2 Å². The van der Waals surface area contributed by atoms with Crippen molar-refractivity contribution in [3.8, 4) is 0 Å². The zero-order chi connectivity index (χ0) is 10.7. The quantitative estimate of drug-likeness (QED) is 0.896. The van der Waals surface area contributed by atoms with Gasteiger partial charge < -0.3 is 10.5 Å². The maximum atomic E-state index is 6.05. The van der Waals surface area contributed by atoms with Gasteiger partial charge in [-0.25, -0.2) is 0 Å². The zero-order valence-electron chi connectivity index (χ0n) is 8.70. The van der Waals surface area contributed by atoms with Crippen LogP contribution in [0.25, 0.3) is 0 Å². The van der Waals surface area contributed by atoms with Crippen LogP contribution in [0.15, 0.2) is 10.7 Å². The monoisotopic (exact) mass is 261 g/mol. The van der Waals surface area contributed by atoms with E-state index in [9.17, 15) is 0 Å². The second-order valence-electron chi connectivity index (χ2n) is 3.19. The zero-order valence-corrected chi connectivity index (χ0v) is 10.3. The molecule has 2 N–H and O–H groups in total. The molecule has 1 heterocycles. The number of hydrogen-bond acceptors (Lipinski definition) is 3. The number of nitrogens with zero attached hydrogens (tertiary/aromatic N) is 2. The minimum absolute atomic E-state index is 0.00769. The predicted molar refractivity (Wildman–Crippen MR) is 58.9 cm³/mol. The predicted octanol–water partition coefficient (Wildman–Crippen LogP) is 1.61. The lowest BCUT2D eigenvalue weighted by Gasteiger charge is -2.20. The molecule has 4 nitrogen and oxygen atoms in total. The Morgan fingerprint density at radius 2 is 2.36 bits per heavy atom. The van der Waals surface area contributed by atoms with E-state index >= 15 is 0 Å². The summed E-state index contributed by atoms with van der Waals surface area (Å²) < 4.78 is 8.15. The molecule has 0 aromatic carbocycles. The minimum atomic E-state index is -0.156. The van der Waals surface area contributed by atoms with Gasteiger partial charge in [0.15, 0.2) is 0 Å². The SMILES string of the molecule is CCOC(C)C(N)c1c(Br)cnn1C. The van der Waals surface area contributed by atoms with Gasteiger partial charge in [-0.3, -0.25) is 4.68 Å². The van der Waals surface area contributed by atoms with Crippen molar-refractivity contribution < 1.29 is 4.74 Å². The Bertz CT molecular complexity index is 281. The number of hydrogen-bond donors (Lipinski definition) is 1. The molecular formula is C9H16BrN3O. The molecule has 0 radical (unpaired) electrons. The first-order chi connectivity index (χ1) is 6.57. The maximum Gasteiger partial charge on any atom is 0.0755 e. The molecule has 1 aromatic heterocycles. The molecule has 0 saturated carbocycles. The van der Waals surface area contributed by atoms with Gasteiger partial charge in [-0.05, 0) is 29.8 Å². The molecule has 0 bridgehead atoms. The number of ether oxygens (including phenoxy) is 1. The van der Waals surface area contributed by atoms with Gasteiger partial charge >= 0.3 is 0 Å².